The van der Waals surface area contributed by atoms with Crippen LogP contribution in [0.25, 0.3) is 0 Å². The molecule has 1 aliphatic rings. The van der Waals surface area contributed by atoms with Crippen molar-refractivity contribution in [3.8, 4) is 0 Å². The van der Waals surface area contributed by atoms with Gasteiger partial charge in [-0.15, -0.1) is 0 Å². The van der Waals surface area contributed by atoms with E-state index >= 15 is 0 Å². The zero-order valence-electron chi connectivity index (χ0n) is 12.2. The molecule has 0 aromatic heterocycles. The monoisotopic (exact) mass is 269 g/mol. The SMILES string of the molecule is CCN(CC(=O)NC)C(=O)CCC1CCCC(N)C1. The molecule has 2 amide bonds. The van der Waals surface area contributed by atoms with Gasteiger partial charge in [-0.1, -0.05) is 12.8 Å². The van der Waals surface area contributed by atoms with Gasteiger partial charge in [0.25, 0.3) is 0 Å². The molecule has 19 heavy (non-hydrogen) atoms. The predicted octanol–water partition coefficient (Wildman–Crippen LogP) is 0.879. The Morgan fingerprint density at radius 1 is 1.37 bits per heavy atom. The molecule has 0 aromatic carbocycles. The van der Waals surface area contributed by atoms with Crippen molar-refractivity contribution in [1.29, 1.82) is 0 Å². The molecule has 0 saturated heterocycles. The smallest absolute Gasteiger partial charge is 0.239 e. The number of rotatable bonds is 6. The summed E-state index contributed by atoms with van der Waals surface area (Å²) in [7, 11) is 1.59. The standard InChI is InChI=1S/C14H27N3O2/c1-3-17(10-13(18)16-2)14(19)8-7-11-5-4-6-12(15)9-11/h11-12H,3-10,15H2,1-2H3,(H,16,18). The van der Waals surface area contributed by atoms with E-state index in [0.717, 1.165) is 19.3 Å². The van der Waals surface area contributed by atoms with Crippen LogP contribution in [-0.4, -0.2) is 42.9 Å². The minimum atomic E-state index is -0.116. The molecule has 2 unspecified atom stereocenters. The fourth-order valence-electron chi connectivity index (χ4n) is 2.71. The molecule has 1 saturated carbocycles. The Hall–Kier alpha value is -1.10. The molecule has 0 bridgehead atoms. The normalized spacial score (nSPS) is 22.9. The lowest BCUT2D eigenvalue weighted by molar-refractivity contribution is -0.136. The van der Waals surface area contributed by atoms with E-state index in [1.807, 2.05) is 6.92 Å². The first-order chi connectivity index (χ1) is 9.06. The lowest BCUT2D eigenvalue weighted by atomic mass is 9.83. The van der Waals surface area contributed by atoms with Crippen molar-refractivity contribution in [3.63, 3.8) is 0 Å². The Balaban J connectivity index is 2.33. The highest BCUT2D eigenvalue weighted by Crippen LogP contribution is 2.27. The largest absolute Gasteiger partial charge is 0.358 e. The van der Waals surface area contributed by atoms with Crippen molar-refractivity contribution in [2.45, 2.75) is 51.5 Å². The van der Waals surface area contributed by atoms with E-state index in [1.54, 1.807) is 11.9 Å². The van der Waals surface area contributed by atoms with E-state index in [1.165, 1.54) is 12.8 Å². The van der Waals surface area contributed by atoms with Gasteiger partial charge in [-0.3, -0.25) is 9.59 Å². The van der Waals surface area contributed by atoms with Crippen LogP contribution in [0.5, 0.6) is 0 Å². The number of carbonyl (C=O) groups is 2. The fraction of sp³-hybridized carbons (Fsp3) is 0.857. The van der Waals surface area contributed by atoms with Crippen LogP contribution in [0.15, 0.2) is 0 Å². The highest BCUT2D eigenvalue weighted by Gasteiger charge is 2.21. The van der Waals surface area contributed by atoms with Gasteiger partial charge in [0.05, 0.1) is 6.54 Å². The number of hydrogen-bond donors (Lipinski definition) is 2. The lowest BCUT2D eigenvalue weighted by Crippen LogP contribution is -2.39. The van der Waals surface area contributed by atoms with Crippen molar-refractivity contribution >= 4 is 11.8 Å². The number of carbonyl (C=O) groups excluding carboxylic acids is 2. The predicted molar refractivity (Wildman–Crippen MR) is 75.5 cm³/mol. The fourth-order valence-corrected chi connectivity index (χ4v) is 2.71. The maximum atomic E-state index is 12.1. The summed E-state index contributed by atoms with van der Waals surface area (Å²) in [4.78, 5) is 25.0. The van der Waals surface area contributed by atoms with Crippen molar-refractivity contribution in [2.75, 3.05) is 20.1 Å². The average Bonchev–Trinajstić information content (AvgIpc) is 2.41. The van der Waals surface area contributed by atoms with Gasteiger partial charge < -0.3 is 16.0 Å². The first kappa shape index (κ1) is 16.0. The van der Waals surface area contributed by atoms with Crippen LogP contribution in [-0.2, 0) is 9.59 Å². The molecule has 0 aliphatic heterocycles. The van der Waals surface area contributed by atoms with Gasteiger partial charge in [-0.05, 0) is 32.1 Å². The molecular formula is C14H27N3O2. The summed E-state index contributed by atoms with van der Waals surface area (Å²) >= 11 is 0. The van der Waals surface area contributed by atoms with Crippen molar-refractivity contribution in [3.05, 3.63) is 0 Å². The molecule has 2 atom stereocenters. The lowest BCUT2D eigenvalue weighted by Gasteiger charge is -2.27. The topological polar surface area (TPSA) is 75.4 Å². The summed E-state index contributed by atoms with van der Waals surface area (Å²) < 4.78 is 0. The summed E-state index contributed by atoms with van der Waals surface area (Å²) in [6.45, 7) is 2.64. The highest BCUT2D eigenvalue weighted by molar-refractivity contribution is 5.84. The van der Waals surface area contributed by atoms with Gasteiger partial charge in [0.1, 0.15) is 0 Å². The summed E-state index contributed by atoms with van der Waals surface area (Å²) in [5.74, 6) is 0.534. The maximum Gasteiger partial charge on any atom is 0.239 e. The van der Waals surface area contributed by atoms with Gasteiger partial charge in [0.15, 0.2) is 0 Å². The van der Waals surface area contributed by atoms with Crippen molar-refractivity contribution in [2.24, 2.45) is 11.7 Å². The average molecular weight is 269 g/mol. The van der Waals surface area contributed by atoms with Crippen LogP contribution in [0.1, 0.15) is 45.4 Å². The zero-order chi connectivity index (χ0) is 14.3. The number of nitrogens with zero attached hydrogens (tertiary/aromatic N) is 1. The van der Waals surface area contributed by atoms with Gasteiger partial charge in [-0.25, -0.2) is 0 Å². The van der Waals surface area contributed by atoms with E-state index < -0.39 is 0 Å². The Morgan fingerprint density at radius 3 is 2.68 bits per heavy atom. The van der Waals surface area contributed by atoms with Gasteiger partial charge in [0.2, 0.25) is 11.8 Å². The third-order valence-electron chi connectivity index (χ3n) is 3.94. The molecule has 110 valence electrons. The Kier molecular flexibility index (Phi) is 6.84. The van der Waals surface area contributed by atoms with E-state index in [2.05, 4.69) is 5.32 Å². The second kappa shape index (κ2) is 8.15. The first-order valence-corrected chi connectivity index (χ1v) is 7.30. The quantitative estimate of drug-likeness (QED) is 0.751. The maximum absolute atomic E-state index is 12.1. The van der Waals surface area contributed by atoms with E-state index in [9.17, 15) is 9.59 Å². The van der Waals surface area contributed by atoms with Crippen LogP contribution >= 0.6 is 0 Å². The summed E-state index contributed by atoms with van der Waals surface area (Å²) in [6, 6.07) is 0.307. The van der Waals surface area contributed by atoms with Crippen LogP contribution < -0.4 is 11.1 Å². The minimum Gasteiger partial charge on any atom is -0.358 e. The number of likely N-dealkylation sites (N-methyl/N-ethyl adjacent to an activating group) is 2. The number of nitrogens with one attached hydrogen (secondary N) is 1. The Labute approximate surface area is 115 Å². The second-order valence-electron chi connectivity index (χ2n) is 5.41. The zero-order valence-corrected chi connectivity index (χ0v) is 12.2. The van der Waals surface area contributed by atoms with Gasteiger partial charge in [0, 0.05) is 26.1 Å². The summed E-state index contributed by atoms with van der Waals surface area (Å²) in [5.41, 5.74) is 5.95. The van der Waals surface area contributed by atoms with Gasteiger partial charge in [-0.2, -0.15) is 0 Å². The number of hydrogen-bond acceptors (Lipinski definition) is 3. The molecule has 5 nitrogen and oxygen atoms in total. The molecule has 1 aliphatic carbocycles. The number of amides is 2. The van der Waals surface area contributed by atoms with Gasteiger partial charge >= 0.3 is 0 Å². The van der Waals surface area contributed by atoms with E-state index in [-0.39, 0.29) is 18.4 Å². The third-order valence-corrected chi connectivity index (χ3v) is 3.94. The Morgan fingerprint density at radius 2 is 2.11 bits per heavy atom. The molecule has 3 N–H and O–H groups in total. The molecule has 0 heterocycles. The molecule has 0 aromatic rings. The van der Waals surface area contributed by atoms with Crippen LogP contribution in [0.3, 0.4) is 0 Å². The van der Waals surface area contributed by atoms with E-state index in [0.29, 0.717) is 24.9 Å². The molecule has 0 spiro atoms. The molecule has 1 rings (SSSR count). The van der Waals surface area contributed by atoms with E-state index in [4.69, 9.17) is 5.73 Å². The molecular weight excluding hydrogens is 242 g/mol. The van der Waals surface area contributed by atoms with Crippen molar-refractivity contribution in [1.82, 2.24) is 10.2 Å². The first-order valence-electron chi connectivity index (χ1n) is 7.30. The molecule has 0 radical (unpaired) electrons. The Bertz CT molecular complexity index is 307. The van der Waals surface area contributed by atoms with Crippen LogP contribution in [0.4, 0.5) is 0 Å². The molecule has 1 fully saturated rings. The second-order valence-corrected chi connectivity index (χ2v) is 5.41. The highest BCUT2D eigenvalue weighted by atomic mass is 16.2. The van der Waals surface area contributed by atoms with Crippen LogP contribution in [0.2, 0.25) is 0 Å². The minimum absolute atomic E-state index is 0.0743. The third kappa shape index (κ3) is 5.59. The number of nitrogens with two attached hydrogens (primary N) is 1. The molecule has 5 heteroatoms. The van der Waals surface area contributed by atoms with Crippen molar-refractivity contribution < 1.29 is 9.59 Å². The van der Waals surface area contributed by atoms with Crippen LogP contribution in [0, 0.1) is 5.92 Å². The summed E-state index contributed by atoms with van der Waals surface area (Å²) in [5, 5.41) is 2.55. The summed E-state index contributed by atoms with van der Waals surface area (Å²) in [6.07, 6.45) is 5.94.